The van der Waals surface area contributed by atoms with E-state index in [1.807, 2.05) is 0 Å². The molecule has 3 aromatic rings. The van der Waals surface area contributed by atoms with Gasteiger partial charge >= 0.3 is 238 Å². The molecular weight excluding hydrogens is 655 g/mol. The van der Waals surface area contributed by atoms with E-state index in [9.17, 15) is 0 Å². The van der Waals surface area contributed by atoms with E-state index in [0.29, 0.717) is 41.2 Å². The second-order valence-electron chi connectivity index (χ2n) is 10.3. The van der Waals surface area contributed by atoms with Gasteiger partial charge in [0.1, 0.15) is 0 Å². The topological polar surface area (TPSA) is 9.86 Å². The Bertz CT molecular complexity index is 1130. The van der Waals surface area contributed by atoms with Gasteiger partial charge in [0.15, 0.2) is 0 Å². The van der Waals surface area contributed by atoms with Gasteiger partial charge in [-0.05, 0) is 0 Å². The summed E-state index contributed by atoms with van der Waals surface area (Å²) in [6, 6.07) is 9.21. The molecule has 0 atom stereocenters. The first-order valence-electron chi connectivity index (χ1n) is 12.4. The zero-order valence-electron chi connectivity index (χ0n) is 22.2. The SMILES string of the molecule is C=C[CH2][Pd]=[c]1n(-c2c(C(C)C)cc(Br)cc2C(C)C)ccn1-c1c(C(C)C)cc(Br)cc1C(C)C. The molecule has 0 spiro atoms. The average Bonchev–Trinajstić information content (AvgIpc) is 3.19. The van der Waals surface area contributed by atoms with Crippen molar-refractivity contribution in [2.24, 2.45) is 0 Å². The molecule has 1 heterocycles. The van der Waals surface area contributed by atoms with Crippen LogP contribution in [0, 0.1) is 3.89 Å². The minimum absolute atomic E-state index is 0.371. The summed E-state index contributed by atoms with van der Waals surface area (Å²) >= 11 is 7.95. The predicted molar refractivity (Wildman–Crippen MR) is 155 cm³/mol. The fraction of sp³-hybridized carbons (Fsp3) is 0.433. The molecule has 2 nitrogen and oxygen atoms in total. The van der Waals surface area contributed by atoms with Crippen molar-refractivity contribution in [1.29, 1.82) is 0 Å². The summed E-state index contributed by atoms with van der Waals surface area (Å²) in [6.07, 6.45) is 6.63. The second kappa shape index (κ2) is 12.0. The third kappa shape index (κ3) is 6.12. The second-order valence-corrected chi connectivity index (χ2v) is 14.0. The standard InChI is InChI=1S/C27H34Br2N2.C3H5.Pd/c1-16(2)22-11-20(28)12-23(17(3)4)26(22)30-9-10-31(15-30)27-24(18(5)6)13-21(29)14-25(27)19(7)8;1-3-2;/h9-14,16-19H,1-8H3;3H,1-2H2;. The zero-order chi connectivity index (χ0) is 26.0. The molecule has 2 aromatic carbocycles. The number of hydrogen-bond acceptors (Lipinski definition) is 0. The summed E-state index contributed by atoms with van der Waals surface area (Å²) in [5.41, 5.74) is 8.19. The Morgan fingerprint density at radius 2 is 1.00 bits per heavy atom. The minimum atomic E-state index is 0.371. The number of imidazole rings is 1. The van der Waals surface area contributed by atoms with Crippen molar-refractivity contribution in [3.63, 3.8) is 0 Å². The van der Waals surface area contributed by atoms with Gasteiger partial charge in [0.2, 0.25) is 0 Å². The summed E-state index contributed by atoms with van der Waals surface area (Å²) < 4.78 is 8.61. The van der Waals surface area contributed by atoms with Gasteiger partial charge < -0.3 is 0 Å². The number of aromatic nitrogens is 2. The summed E-state index contributed by atoms with van der Waals surface area (Å²) in [4.78, 5) is 0.980. The van der Waals surface area contributed by atoms with Crippen LogP contribution in [0.2, 0.25) is 4.89 Å². The first-order chi connectivity index (χ1) is 16.5. The number of allylic oxidation sites excluding steroid dienone is 1. The first-order valence-corrected chi connectivity index (χ1v) is 15.9. The Morgan fingerprint density at radius 3 is 1.26 bits per heavy atom. The predicted octanol–water partition coefficient (Wildman–Crippen LogP) is 10.5. The van der Waals surface area contributed by atoms with E-state index < -0.39 is 0 Å². The molecule has 0 aliphatic carbocycles. The van der Waals surface area contributed by atoms with E-state index in [0.717, 1.165) is 13.8 Å². The van der Waals surface area contributed by atoms with Crippen LogP contribution in [0.15, 0.2) is 58.3 Å². The summed E-state index contributed by atoms with van der Waals surface area (Å²) in [5, 5.41) is 0. The van der Waals surface area contributed by atoms with E-state index in [4.69, 9.17) is 0 Å². The molecule has 0 bridgehead atoms. The van der Waals surface area contributed by atoms with Gasteiger partial charge in [0.05, 0.1) is 0 Å². The Labute approximate surface area is 236 Å². The molecule has 193 valence electrons. The molecule has 0 saturated heterocycles. The number of benzene rings is 2. The van der Waals surface area contributed by atoms with Crippen LogP contribution in [0.1, 0.15) is 101 Å². The number of rotatable bonds is 8. The fourth-order valence-corrected chi connectivity index (χ4v) is 7.10. The number of nitrogens with zero attached hydrogens (tertiary/aromatic N) is 2. The molecule has 0 N–H and O–H groups in total. The van der Waals surface area contributed by atoms with Crippen molar-refractivity contribution < 1.29 is 17.5 Å². The van der Waals surface area contributed by atoms with Crippen LogP contribution >= 0.6 is 31.9 Å². The molecule has 0 radical (unpaired) electrons. The Hall–Kier alpha value is -0.988. The van der Waals surface area contributed by atoms with Crippen LogP contribution in [0.5, 0.6) is 0 Å². The monoisotopic (exact) mass is 691 g/mol. The quantitative estimate of drug-likeness (QED) is 0.164. The normalized spacial score (nSPS) is 12.1. The fourth-order valence-electron chi connectivity index (χ4n) is 4.50. The molecule has 0 fully saturated rings. The van der Waals surface area contributed by atoms with E-state index in [2.05, 4.69) is 146 Å². The van der Waals surface area contributed by atoms with Crippen molar-refractivity contribution in [2.75, 3.05) is 0 Å². The third-order valence-corrected chi connectivity index (χ3v) is 9.15. The average molecular weight is 694 g/mol. The van der Waals surface area contributed by atoms with Crippen LogP contribution in [-0.4, -0.2) is 9.13 Å². The van der Waals surface area contributed by atoms with Gasteiger partial charge in [-0.25, -0.2) is 0 Å². The first kappa shape index (κ1) is 28.6. The van der Waals surface area contributed by atoms with Crippen molar-refractivity contribution in [3.05, 3.63) is 84.4 Å². The van der Waals surface area contributed by atoms with Crippen LogP contribution in [-0.2, 0) is 17.5 Å². The van der Waals surface area contributed by atoms with Crippen LogP contribution < -0.4 is 0 Å². The molecular formula is C30H39Br2N2Pd. The van der Waals surface area contributed by atoms with Crippen molar-refractivity contribution in [2.45, 2.75) is 84.0 Å². The molecule has 5 heteroatoms. The van der Waals surface area contributed by atoms with Gasteiger partial charge in [0, 0.05) is 0 Å². The molecule has 1 aromatic heterocycles. The maximum absolute atomic E-state index is 4.05. The van der Waals surface area contributed by atoms with Gasteiger partial charge in [-0.15, -0.1) is 0 Å². The molecule has 3 rings (SSSR count). The molecule has 0 saturated carbocycles. The molecule has 0 amide bonds. The Balaban J connectivity index is 2.50. The summed E-state index contributed by atoms with van der Waals surface area (Å²) in [6.45, 7) is 22.4. The maximum atomic E-state index is 4.05. The number of hydrogen-bond donors (Lipinski definition) is 0. The van der Waals surface area contributed by atoms with Gasteiger partial charge in [-0.2, -0.15) is 0 Å². The van der Waals surface area contributed by atoms with Crippen molar-refractivity contribution in [1.82, 2.24) is 9.13 Å². The van der Waals surface area contributed by atoms with Gasteiger partial charge in [0.25, 0.3) is 0 Å². The van der Waals surface area contributed by atoms with Crippen LogP contribution in [0.4, 0.5) is 0 Å². The van der Waals surface area contributed by atoms with E-state index >= 15 is 0 Å². The summed E-state index contributed by atoms with van der Waals surface area (Å²) in [5.74, 6) is 1.66. The van der Waals surface area contributed by atoms with Gasteiger partial charge in [-0.3, -0.25) is 0 Å². The van der Waals surface area contributed by atoms with E-state index in [1.165, 1.54) is 37.5 Å². The molecule has 0 aliphatic heterocycles. The third-order valence-electron chi connectivity index (χ3n) is 6.23. The summed E-state index contributed by atoms with van der Waals surface area (Å²) in [7, 11) is 0. The Morgan fingerprint density at radius 1 is 0.686 bits per heavy atom. The Kier molecular flexibility index (Phi) is 9.83. The molecule has 35 heavy (non-hydrogen) atoms. The number of halogens is 2. The molecule has 0 unspecified atom stereocenters. The molecule has 0 aliphatic rings. The van der Waals surface area contributed by atoms with Crippen molar-refractivity contribution in [3.8, 4) is 11.4 Å². The zero-order valence-corrected chi connectivity index (χ0v) is 27.0. The van der Waals surface area contributed by atoms with E-state index in [1.54, 1.807) is 0 Å². The van der Waals surface area contributed by atoms with Crippen molar-refractivity contribution >= 4 is 31.9 Å². The van der Waals surface area contributed by atoms with Crippen LogP contribution in [0.25, 0.3) is 11.4 Å². The van der Waals surface area contributed by atoms with Crippen LogP contribution in [0.3, 0.4) is 0 Å². The van der Waals surface area contributed by atoms with Gasteiger partial charge in [-0.1, -0.05) is 0 Å². The van der Waals surface area contributed by atoms with E-state index in [-0.39, 0.29) is 0 Å².